The summed E-state index contributed by atoms with van der Waals surface area (Å²) in [7, 11) is 0. The molecule has 0 amide bonds. The van der Waals surface area contributed by atoms with E-state index in [0.717, 1.165) is 0 Å². The van der Waals surface area contributed by atoms with Gasteiger partial charge in [0.05, 0.1) is 0 Å². The average molecular weight is 242 g/mol. The van der Waals surface area contributed by atoms with E-state index in [1.54, 1.807) is 0 Å². The quantitative estimate of drug-likeness (QED) is 0.329. The van der Waals surface area contributed by atoms with Gasteiger partial charge in [0.2, 0.25) is 0 Å². The number of carboxylic acid groups (broad SMARTS) is 1. The van der Waals surface area contributed by atoms with Crippen molar-refractivity contribution in [2.75, 3.05) is 0 Å². The molecule has 0 aliphatic carbocycles. The van der Waals surface area contributed by atoms with Gasteiger partial charge >= 0.3 is 74.9 Å². The van der Waals surface area contributed by atoms with E-state index in [1.165, 1.54) is 0 Å². The Morgan fingerprint density at radius 3 is 2.00 bits per heavy atom. The molecule has 0 saturated carbocycles. The Morgan fingerprint density at radius 2 is 2.00 bits per heavy atom. The molecule has 0 radical (unpaired) electrons. The van der Waals surface area contributed by atoms with E-state index < -0.39 is 11.4 Å². The maximum atomic E-state index is 9.37. The molecule has 1 unspecified atom stereocenters. The summed E-state index contributed by atoms with van der Waals surface area (Å²) >= 11 is 3.15. The molecule has 3 nitrogen and oxygen atoms in total. The van der Waals surface area contributed by atoms with Gasteiger partial charge < -0.3 is 11.6 Å². The van der Waals surface area contributed by atoms with E-state index in [4.69, 9.17) is 10.2 Å². The third-order valence-corrected chi connectivity index (χ3v) is 0.442. The molecule has 0 aromatic carbocycles. The van der Waals surface area contributed by atoms with E-state index in [2.05, 4.69) is 12.6 Å². The van der Waals surface area contributed by atoms with Crippen molar-refractivity contribution in [3.63, 3.8) is 0 Å². The van der Waals surface area contributed by atoms with Gasteiger partial charge in [-0.15, -0.1) is 12.6 Å². The molecule has 0 aliphatic heterocycles. The van der Waals surface area contributed by atoms with Crippen LogP contribution in [-0.4, -0.2) is 21.6 Å². The van der Waals surface area contributed by atoms with E-state index in [-0.39, 0.29) is 70.3 Å². The number of carboxylic acids is 1. The number of aliphatic hydroxyl groups excluding tert-OH is 1. The third-order valence-electron chi connectivity index (χ3n) is 0.221. The first-order chi connectivity index (χ1) is 2.64. The Balaban J connectivity index is -0.000000125. The van der Waals surface area contributed by atoms with E-state index in [0.29, 0.717) is 0 Å². The summed E-state index contributed by atoms with van der Waals surface area (Å²) in [4.78, 5) is 9.37. The second kappa shape index (κ2) is 5.96. The molecule has 0 rings (SSSR count). The molecule has 1 atom stereocenters. The topological polar surface area (TPSA) is 57.5 Å². The third kappa shape index (κ3) is 7.83. The van der Waals surface area contributed by atoms with Crippen LogP contribution in [-0.2, 0) is 4.79 Å². The molecular formula is C2H5CsO3S. The maximum Gasteiger partial charge on any atom is 1.00 e. The minimum absolute atomic E-state index is 0. The molecule has 0 bridgehead atoms. The molecule has 0 fully saturated rings. The van der Waals surface area contributed by atoms with Crippen LogP contribution in [0.3, 0.4) is 0 Å². The Hall–Kier alpha value is 1.83. The molecule has 38 valence electrons. The van der Waals surface area contributed by atoms with Gasteiger partial charge in [0.1, 0.15) is 0 Å². The maximum absolute atomic E-state index is 9.37. The van der Waals surface area contributed by atoms with Crippen LogP contribution in [0.1, 0.15) is 1.43 Å². The van der Waals surface area contributed by atoms with Crippen molar-refractivity contribution in [1.82, 2.24) is 0 Å². The molecule has 0 aliphatic rings. The van der Waals surface area contributed by atoms with Gasteiger partial charge in [-0.25, -0.2) is 4.79 Å². The number of aliphatic carboxylic acids is 1. The van der Waals surface area contributed by atoms with Crippen molar-refractivity contribution in [3.8, 4) is 0 Å². The van der Waals surface area contributed by atoms with Crippen LogP contribution in [0.2, 0.25) is 0 Å². The Morgan fingerprint density at radius 1 is 1.86 bits per heavy atom. The second-order valence-corrected chi connectivity index (χ2v) is 1.20. The van der Waals surface area contributed by atoms with Gasteiger partial charge in [0, 0.05) is 0 Å². The molecule has 0 aromatic heterocycles. The molecule has 7 heavy (non-hydrogen) atoms. The first kappa shape index (κ1) is 11.6. The summed E-state index contributed by atoms with van der Waals surface area (Å²) in [6.45, 7) is 0. The van der Waals surface area contributed by atoms with Crippen LogP contribution in [0.4, 0.5) is 0 Å². The van der Waals surface area contributed by atoms with E-state index in [1.807, 2.05) is 0 Å². The van der Waals surface area contributed by atoms with Gasteiger partial charge in [-0.2, -0.15) is 0 Å². The SMILES string of the molecule is O=C(O)C(O)S.[Cs+].[H-]. The Kier molecular flexibility index (Phi) is 9.88. The van der Waals surface area contributed by atoms with Gasteiger partial charge in [0.15, 0.2) is 5.44 Å². The largest absolute Gasteiger partial charge is 1.00 e. The van der Waals surface area contributed by atoms with Crippen LogP contribution in [0.15, 0.2) is 0 Å². The number of aliphatic hydroxyl groups is 1. The van der Waals surface area contributed by atoms with Crippen molar-refractivity contribution in [2.45, 2.75) is 5.44 Å². The predicted molar refractivity (Wildman–Crippen MR) is 23.7 cm³/mol. The zero-order chi connectivity index (χ0) is 5.15. The number of hydrogen-bond donors (Lipinski definition) is 3. The zero-order valence-electron chi connectivity index (χ0n) is 4.83. The normalized spacial score (nSPS) is 11.7. The fraction of sp³-hybridized carbons (Fsp3) is 0.500. The van der Waals surface area contributed by atoms with Gasteiger partial charge in [0.25, 0.3) is 0 Å². The monoisotopic (exact) mass is 242 g/mol. The second-order valence-electron chi connectivity index (χ2n) is 0.712. The molecule has 2 N–H and O–H groups in total. The van der Waals surface area contributed by atoms with E-state index in [9.17, 15) is 4.79 Å². The standard InChI is InChI=1S/C2H4O3S.Cs.H/c3-1(4)2(5)6;;/h2,5-6H,(H,3,4);;/q;+1;-1. The van der Waals surface area contributed by atoms with Crippen LogP contribution < -0.4 is 68.9 Å². The Labute approximate surface area is 107 Å². The summed E-state index contributed by atoms with van der Waals surface area (Å²) in [5.74, 6) is -1.32. The van der Waals surface area contributed by atoms with E-state index >= 15 is 0 Å². The van der Waals surface area contributed by atoms with Crippen molar-refractivity contribution in [2.24, 2.45) is 0 Å². The van der Waals surface area contributed by atoms with Crippen LogP contribution in [0.25, 0.3) is 0 Å². The molecule has 5 heteroatoms. The average Bonchev–Trinajstić information content (AvgIpc) is 1.36. The molecule has 0 aromatic rings. The number of hydrogen-bond acceptors (Lipinski definition) is 3. The number of carbonyl (C=O) groups is 1. The van der Waals surface area contributed by atoms with Crippen molar-refractivity contribution in [1.29, 1.82) is 0 Å². The molecule has 0 saturated heterocycles. The summed E-state index contributed by atoms with van der Waals surface area (Å²) in [5.41, 5.74) is -1.54. The smallest absolute Gasteiger partial charge is 1.00 e. The Bertz CT molecular complexity index is 68.3. The summed E-state index contributed by atoms with van der Waals surface area (Å²) < 4.78 is 0. The summed E-state index contributed by atoms with van der Waals surface area (Å²) in [6, 6.07) is 0. The molecule has 0 spiro atoms. The molecule has 0 heterocycles. The minimum atomic E-state index is -1.54. The van der Waals surface area contributed by atoms with Crippen LogP contribution in [0.5, 0.6) is 0 Å². The van der Waals surface area contributed by atoms with Gasteiger partial charge in [-0.05, 0) is 0 Å². The number of thiol groups is 1. The predicted octanol–water partition coefficient (Wildman–Crippen LogP) is -3.56. The summed E-state index contributed by atoms with van der Waals surface area (Å²) in [6.07, 6.45) is 0. The molecular weight excluding hydrogens is 237 g/mol. The van der Waals surface area contributed by atoms with Crippen LogP contribution in [0, 0.1) is 0 Å². The first-order valence-corrected chi connectivity index (χ1v) is 1.75. The summed E-state index contributed by atoms with van der Waals surface area (Å²) in [5, 5.41) is 15.6. The van der Waals surface area contributed by atoms with Crippen molar-refractivity contribution < 1.29 is 85.3 Å². The fourth-order valence-corrected chi connectivity index (χ4v) is 0. The van der Waals surface area contributed by atoms with Crippen molar-refractivity contribution in [3.05, 3.63) is 0 Å². The number of rotatable bonds is 1. The zero-order valence-corrected chi connectivity index (χ0v) is 11.0. The van der Waals surface area contributed by atoms with Gasteiger partial charge in [-0.3, -0.25) is 0 Å². The van der Waals surface area contributed by atoms with Crippen molar-refractivity contribution >= 4 is 18.6 Å². The van der Waals surface area contributed by atoms with Gasteiger partial charge in [-0.1, -0.05) is 0 Å². The fourth-order valence-electron chi connectivity index (χ4n) is 0. The first-order valence-electron chi connectivity index (χ1n) is 1.23. The minimum Gasteiger partial charge on any atom is -1.00 e. The van der Waals surface area contributed by atoms with Crippen LogP contribution >= 0.6 is 12.6 Å².